The van der Waals surface area contributed by atoms with E-state index in [0.29, 0.717) is 22.1 Å². The van der Waals surface area contributed by atoms with Crippen molar-refractivity contribution in [1.82, 2.24) is 14.6 Å². The molecule has 6 nitrogen and oxygen atoms in total. The summed E-state index contributed by atoms with van der Waals surface area (Å²) in [5.74, 6) is -1.02. The van der Waals surface area contributed by atoms with Crippen LogP contribution in [0.5, 0.6) is 0 Å². The van der Waals surface area contributed by atoms with Crippen molar-refractivity contribution >= 4 is 34.6 Å². The summed E-state index contributed by atoms with van der Waals surface area (Å²) >= 11 is 6.36. The molecule has 0 radical (unpaired) electrons. The number of amides is 1. The van der Waals surface area contributed by atoms with Crippen LogP contribution >= 0.6 is 11.6 Å². The van der Waals surface area contributed by atoms with Gasteiger partial charge in [-0.15, -0.1) is 0 Å². The highest BCUT2D eigenvalue weighted by molar-refractivity contribution is 6.37. The van der Waals surface area contributed by atoms with E-state index in [2.05, 4.69) is 15.4 Å². The molecule has 0 aliphatic heterocycles. The first-order valence-corrected chi connectivity index (χ1v) is 10.7. The minimum atomic E-state index is -4.75. The van der Waals surface area contributed by atoms with Gasteiger partial charge in [0.25, 0.3) is 5.91 Å². The molecule has 1 aliphatic rings. The first kappa shape index (κ1) is 22.1. The molecule has 4 aromatic rings. The summed E-state index contributed by atoms with van der Waals surface area (Å²) < 4.78 is 43.3. The first-order chi connectivity index (χ1) is 16.1. The van der Waals surface area contributed by atoms with Crippen LogP contribution in [0.15, 0.2) is 48.5 Å². The number of carbonyl (C=O) groups is 2. The molecule has 0 unspecified atom stereocenters. The molecular formula is C24H16ClF3N4O2. The van der Waals surface area contributed by atoms with Gasteiger partial charge in [-0.2, -0.15) is 18.3 Å². The van der Waals surface area contributed by atoms with Gasteiger partial charge in [0.1, 0.15) is 5.02 Å². The number of rotatable bonds is 3. The summed E-state index contributed by atoms with van der Waals surface area (Å²) in [5.41, 5.74) is 0.676. The maximum atomic E-state index is 14.2. The second-order valence-corrected chi connectivity index (χ2v) is 8.31. The lowest BCUT2D eigenvalue weighted by Gasteiger charge is -2.23. The number of alkyl halides is 3. The molecule has 0 spiro atoms. The van der Waals surface area contributed by atoms with Crippen molar-refractivity contribution in [1.29, 1.82) is 0 Å². The zero-order valence-electron chi connectivity index (χ0n) is 17.7. The Labute approximate surface area is 196 Å². The topological polar surface area (TPSA) is 76.4 Å². The monoisotopic (exact) mass is 484 g/mol. The Morgan fingerprint density at radius 3 is 2.59 bits per heavy atom. The van der Waals surface area contributed by atoms with Crippen LogP contribution in [0.1, 0.15) is 44.6 Å². The number of Topliss-reactive ketones (excluding diaryl/α,β-unsaturated/α-hetero) is 1. The van der Waals surface area contributed by atoms with E-state index in [1.54, 1.807) is 30.3 Å². The zero-order valence-corrected chi connectivity index (χ0v) is 18.5. The first-order valence-electron chi connectivity index (χ1n) is 10.3. The minimum absolute atomic E-state index is 0.0129. The van der Waals surface area contributed by atoms with Gasteiger partial charge in [0.15, 0.2) is 22.8 Å². The zero-order chi connectivity index (χ0) is 24.2. The number of fused-ring (bicyclic) bond motifs is 4. The van der Waals surface area contributed by atoms with Gasteiger partial charge in [0.2, 0.25) is 0 Å². The van der Waals surface area contributed by atoms with Crippen LogP contribution in [0.4, 0.5) is 18.9 Å². The van der Waals surface area contributed by atoms with Crippen LogP contribution in [0.3, 0.4) is 0 Å². The number of hydrogen-bond acceptors (Lipinski definition) is 4. The number of aromatic nitrogens is 3. The number of hydrogen-bond donors (Lipinski definition) is 1. The van der Waals surface area contributed by atoms with E-state index in [0.717, 1.165) is 5.56 Å². The molecule has 2 heterocycles. The van der Waals surface area contributed by atoms with Crippen molar-refractivity contribution in [2.45, 2.75) is 25.9 Å². The average Bonchev–Trinajstić information content (AvgIpc) is 3.13. The highest BCUT2D eigenvalue weighted by Gasteiger charge is 2.41. The van der Waals surface area contributed by atoms with Gasteiger partial charge in [-0.05, 0) is 37.5 Å². The molecule has 172 valence electrons. The van der Waals surface area contributed by atoms with Crippen LogP contribution < -0.4 is 5.32 Å². The fourth-order valence-electron chi connectivity index (χ4n) is 4.19. The molecule has 10 heteroatoms. The lowest BCUT2D eigenvalue weighted by molar-refractivity contribution is -0.143. The van der Waals surface area contributed by atoms with Crippen molar-refractivity contribution in [2.75, 3.05) is 5.32 Å². The minimum Gasteiger partial charge on any atom is -0.321 e. The van der Waals surface area contributed by atoms with Crippen LogP contribution in [0.2, 0.25) is 5.02 Å². The van der Waals surface area contributed by atoms with Gasteiger partial charge in [-0.3, -0.25) is 9.59 Å². The Hall–Kier alpha value is -3.72. The summed E-state index contributed by atoms with van der Waals surface area (Å²) in [6.07, 6.45) is -4.20. The fraction of sp³-hybridized carbons (Fsp3) is 0.167. The predicted octanol–water partition coefficient (Wildman–Crippen LogP) is 5.62. The maximum absolute atomic E-state index is 14.2. The summed E-state index contributed by atoms with van der Waals surface area (Å²) in [4.78, 5) is 28.9. The summed E-state index contributed by atoms with van der Waals surface area (Å²) in [7, 11) is 0. The van der Waals surface area contributed by atoms with E-state index in [1.165, 1.54) is 13.0 Å². The molecule has 0 saturated heterocycles. The van der Waals surface area contributed by atoms with Crippen LogP contribution in [-0.2, 0) is 19.0 Å². The van der Waals surface area contributed by atoms with Gasteiger partial charge in [-0.25, -0.2) is 9.50 Å². The van der Waals surface area contributed by atoms with E-state index in [1.807, 2.05) is 12.1 Å². The van der Waals surface area contributed by atoms with Crippen molar-refractivity contribution in [3.8, 4) is 11.3 Å². The van der Waals surface area contributed by atoms with E-state index in [4.69, 9.17) is 11.6 Å². The Kier molecular flexibility index (Phi) is 5.16. The van der Waals surface area contributed by atoms with Gasteiger partial charge in [0.05, 0.1) is 5.69 Å². The maximum Gasteiger partial charge on any atom is 0.433 e. The molecule has 0 fully saturated rings. The molecular weight excluding hydrogens is 469 g/mol. The number of nitrogens with one attached hydrogen (secondary N) is 1. The highest BCUT2D eigenvalue weighted by atomic mass is 35.5. The van der Waals surface area contributed by atoms with Crippen LogP contribution in [-0.4, -0.2) is 26.3 Å². The van der Waals surface area contributed by atoms with Gasteiger partial charge >= 0.3 is 6.18 Å². The van der Waals surface area contributed by atoms with E-state index in [9.17, 15) is 22.8 Å². The summed E-state index contributed by atoms with van der Waals surface area (Å²) in [6.45, 7) is 1.38. The van der Waals surface area contributed by atoms with E-state index >= 15 is 0 Å². The molecule has 2 aromatic heterocycles. The molecule has 5 rings (SSSR count). The molecule has 34 heavy (non-hydrogen) atoms. The molecule has 1 amide bonds. The van der Waals surface area contributed by atoms with Gasteiger partial charge < -0.3 is 5.32 Å². The fourth-order valence-corrected chi connectivity index (χ4v) is 4.43. The summed E-state index contributed by atoms with van der Waals surface area (Å²) in [5, 5.41) is 6.16. The number of carbonyl (C=O) groups excluding carboxylic acids is 2. The smallest absolute Gasteiger partial charge is 0.321 e. The Balaban J connectivity index is 1.67. The summed E-state index contributed by atoms with van der Waals surface area (Å²) in [6, 6.07) is 13.3. The highest BCUT2D eigenvalue weighted by Crippen LogP contribution is 2.41. The lowest BCUT2D eigenvalue weighted by atomic mass is 9.88. The predicted molar refractivity (Wildman–Crippen MR) is 120 cm³/mol. The number of nitrogens with zero attached hydrogens (tertiary/aromatic N) is 3. The molecule has 1 N–H and O–H groups in total. The standard InChI is InChI=1S/C24H16ClF3N4O2/c1-12(33)14-6-4-7-15(11-14)29-23(34)20-18(25)22-30-19-16-8-3-2-5-13(16)9-10-17(19)21(24(26,27)28)32(22)31-20/h2-8,11H,9-10H2,1H3,(H,29,34). The Morgan fingerprint density at radius 1 is 1.09 bits per heavy atom. The molecule has 0 atom stereocenters. The third-order valence-corrected chi connectivity index (χ3v) is 6.08. The SMILES string of the molecule is CC(=O)c1cccc(NC(=O)c2nn3c(C(F)(F)F)c4c(nc3c2Cl)-c2ccccc2CC4)c1. The van der Waals surface area contributed by atoms with Gasteiger partial charge in [0, 0.05) is 22.4 Å². The van der Waals surface area contributed by atoms with Crippen LogP contribution in [0, 0.1) is 0 Å². The Bertz CT molecular complexity index is 1490. The molecule has 0 bridgehead atoms. The van der Waals surface area contributed by atoms with Crippen molar-refractivity contribution in [3.63, 3.8) is 0 Å². The van der Waals surface area contributed by atoms with Crippen LogP contribution in [0.25, 0.3) is 16.9 Å². The number of benzene rings is 2. The second kappa shape index (κ2) is 7.95. The Morgan fingerprint density at radius 2 is 1.85 bits per heavy atom. The molecule has 1 aliphatic carbocycles. The number of halogens is 4. The van der Waals surface area contributed by atoms with Gasteiger partial charge in [-0.1, -0.05) is 48.0 Å². The van der Waals surface area contributed by atoms with E-state index < -0.39 is 23.5 Å². The second-order valence-electron chi connectivity index (χ2n) is 7.93. The third-order valence-electron chi connectivity index (χ3n) is 5.73. The number of ketones is 1. The number of anilines is 1. The quantitative estimate of drug-likeness (QED) is 0.383. The van der Waals surface area contributed by atoms with Crippen molar-refractivity contribution < 1.29 is 22.8 Å². The number of aryl methyl sites for hydroxylation is 1. The lowest BCUT2D eigenvalue weighted by Crippen LogP contribution is -2.21. The average molecular weight is 485 g/mol. The molecule has 0 saturated carbocycles. The normalized spacial score (nSPS) is 12.9. The molecule has 2 aromatic carbocycles. The van der Waals surface area contributed by atoms with Crippen molar-refractivity contribution in [3.05, 3.63) is 81.6 Å². The van der Waals surface area contributed by atoms with E-state index in [-0.39, 0.29) is 39.8 Å². The van der Waals surface area contributed by atoms with Crippen molar-refractivity contribution in [2.24, 2.45) is 0 Å². The largest absolute Gasteiger partial charge is 0.433 e. The third kappa shape index (κ3) is 3.62.